The fourth-order valence-electron chi connectivity index (χ4n) is 3.30. The van der Waals surface area contributed by atoms with E-state index in [1.165, 1.54) is 77.6 Å². The number of rotatable bonds is 20. The average molecular weight is 402 g/mol. The van der Waals surface area contributed by atoms with Gasteiger partial charge >= 0.3 is 11.9 Å². The summed E-state index contributed by atoms with van der Waals surface area (Å²) in [6, 6.07) is 0. The quantitative estimate of drug-likeness (QED) is 0.119. The van der Waals surface area contributed by atoms with E-state index >= 15 is 0 Å². The van der Waals surface area contributed by atoms with Crippen molar-refractivity contribution in [3.63, 3.8) is 0 Å². The molecule has 0 aromatic heterocycles. The van der Waals surface area contributed by atoms with Gasteiger partial charge in [0.1, 0.15) is 0 Å². The molecule has 0 saturated heterocycles. The van der Waals surface area contributed by atoms with Gasteiger partial charge in [0, 0.05) is 11.6 Å². The maximum Gasteiger partial charge on any atom is 0.333 e. The topological polar surface area (TPSA) is 63.6 Å². The van der Waals surface area contributed by atoms with Gasteiger partial charge in [0.05, 0.1) is 22.3 Å². The van der Waals surface area contributed by atoms with Crippen LogP contribution in [-0.2, 0) is 14.3 Å². The minimum Gasteiger partial charge on any atom is -0.478 e. The minimum absolute atomic E-state index is 0.130. The smallest absolute Gasteiger partial charge is 0.333 e. The largest absolute Gasteiger partial charge is 0.478 e. The van der Waals surface area contributed by atoms with E-state index in [4.69, 9.17) is 25.5 Å². The maximum atomic E-state index is 11.5. The van der Waals surface area contributed by atoms with Crippen LogP contribution in [0.3, 0.4) is 0 Å². The van der Waals surface area contributed by atoms with Crippen LogP contribution in [0.25, 0.3) is 0 Å². The van der Waals surface area contributed by atoms with E-state index in [1.807, 2.05) is 0 Å². The summed E-state index contributed by atoms with van der Waals surface area (Å²) in [5.74, 6) is -1.66. The zero-order chi connectivity index (χ0) is 21.7. The zero-order valence-corrected chi connectivity index (χ0v) is 18.5. The van der Waals surface area contributed by atoms with Crippen LogP contribution in [0.2, 0.25) is 5.72 Å². The van der Waals surface area contributed by atoms with Crippen molar-refractivity contribution in [2.45, 2.75) is 115 Å². The molecule has 0 aliphatic heterocycles. The van der Waals surface area contributed by atoms with Crippen molar-refractivity contribution in [2.75, 3.05) is 6.61 Å². The Labute approximate surface area is 181 Å². The van der Waals surface area contributed by atoms with Crippen LogP contribution in [0.5, 0.6) is 0 Å². The Morgan fingerprint density at radius 2 is 1.14 bits per heavy atom. The van der Waals surface area contributed by atoms with Crippen LogP contribution in [0.15, 0.2) is 11.6 Å². The van der Waals surface area contributed by atoms with Crippen molar-refractivity contribution in [1.29, 1.82) is 0 Å². The number of carbonyl (C=O) groups is 2. The summed E-state index contributed by atoms with van der Waals surface area (Å²) in [6.07, 6.45) is 20.5. The monoisotopic (exact) mass is 402 g/mol. The average Bonchev–Trinajstić information content (AvgIpc) is 2.66. The second-order valence-electron chi connectivity index (χ2n) is 8.06. The first-order valence-corrected chi connectivity index (χ1v) is 11.5. The molecule has 0 saturated carbocycles. The molecule has 6 heteroatoms. The standard InChI is InChI=1S/C23H40B2O4/c1-20(19-22(26)27)23(28)29-18-16-14-12-10-8-6-4-2-3-5-7-9-11-13-15-17-21(24)25/h19,21H,2-18H2,1H3,(H,26,27)/b20-19+. The van der Waals surface area contributed by atoms with Crippen LogP contribution in [0, 0.1) is 0 Å². The lowest BCUT2D eigenvalue weighted by Crippen LogP contribution is -2.08. The third-order valence-corrected chi connectivity index (χ3v) is 5.08. The first-order valence-electron chi connectivity index (χ1n) is 11.5. The normalized spacial score (nSPS) is 11.7. The lowest BCUT2D eigenvalue weighted by Gasteiger charge is -2.05. The minimum atomic E-state index is -1.13. The molecule has 0 aliphatic carbocycles. The summed E-state index contributed by atoms with van der Waals surface area (Å²) in [5.41, 5.74) is -0.0104. The molecule has 0 aromatic carbocycles. The highest BCUT2D eigenvalue weighted by atomic mass is 16.5. The van der Waals surface area contributed by atoms with E-state index in [2.05, 4.69) is 0 Å². The molecule has 0 fully saturated rings. The fourth-order valence-corrected chi connectivity index (χ4v) is 3.30. The molecule has 0 rings (SSSR count). The Hall–Kier alpha value is -1.19. The van der Waals surface area contributed by atoms with Crippen molar-refractivity contribution in [3.8, 4) is 0 Å². The molecule has 0 unspecified atom stereocenters. The summed E-state index contributed by atoms with van der Waals surface area (Å²) in [5, 5.41) is 8.58. The Kier molecular flexibility index (Phi) is 19.3. The van der Waals surface area contributed by atoms with E-state index in [-0.39, 0.29) is 11.3 Å². The van der Waals surface area contributed by atoms with Crippen LogP contribution in [0.1, 0.15) is 110 Å². The molecule has 0 amide bonds. The predicted molar refractivity (Wildman–Crippen MR) is 121 cm³/mol. The molecule has 29 heavy (non-hydrogen) atoms. The Morgan fingerprint density at radius 3 is 1.52 bits per heavy atom. The number of carbonyl (C=O) groups excluding carboxylic acids is 1. The van der Waals surface area contributed by atoms with Crippen molar-refractivity contribution in [3.05, 3.63) is 11.6 Å². The van der Waals surface area contributed by atoms with Gasteiger partial charge in [0.2, 0.25) is 0 Å². The molecule has 0 bridgehead atoms. The van der Waals surface area contributed by atoms with Gasteiger partial charge < -0.3 is 9.84 Å². The summed E-state index contributed by atoms with van der Waals surface area (Å²) in [7, 11) is 11.1. The number of carboxylic acid groups (broad SMARTS) is 1. The van der Waals surface area contributed by atoms with E-state index in [9.17, 15) is 9.59 Å². The molecule has 0 aliphatic rings. The highest BCUT2D eigenvalue weighted by Crippen LogP contribution is 2.14. The van der Waals surface area contributed by atoms with E-state index < -0.39 is 11.9 Å². The Balaban J connectivity index is 3.23. The molecule has 0 atom stereocenters. The molecule has 162 valence electrons. The number of carboxylic acids is 1. The van der Waals surface area contributed by atoms with Gasteiger partial charge in [-0.15, -0.1) is 5.72 Å². The Morgan fingerprint density at radius 1 is 0.759 bits per heavy atom. The van der Waals surface area contributed by atoms with E-state index in [1.54, 1.807) is 0 Å². The number of hydrogen-bond acceptors (Lipinski definition) is 3. The molecule has 0 spiro atoms. The number of esters is 1. The summed E-state index contributed by atoms with van der Waals surface area (Å²) < 4.78 is 5.05. The highest BCUT2D eigenvalue weighted by molar-refractivity contribution is 6.35. The van der Waals surface area contributed by atoms with Crippen LogP contribution >= 0.6 is 0 Å². The first-order chi connectivity index (χ1) is 13.9. The number of ether oxygens (including phenoxy) is 1. The Bertz CT molecular complexity index is 450. The third kappa shape index (κ3) is 21.3. The van der Waals surface area contributed by atoms with Gasteiger partial charge in [-0.25, -0.2) is 9.59 Å². The molecule has 4 nitrogen and oxygen atoms in total. The second kappa shape index (κ2) is 20.1. The first kappa shape index (κ1) is 27.8. The number of hydrogen-bond donors (Lipinski definition) is 1. The SMILES string of the molecule is [B]C([B])CCCCCCCCCCCCCCCCCOC(=O)/C(C)=C/C(=O)O. The van der Waals surface area contributed by atoms with Gasteiger partial charge in [0.25, 0.3) is 0 Å². The maximum absolute atomic E-state index is 11.5. The summed E-state index contributed by atoms with van der Waals surface area (Å²) in [6.45, 7) is 1.82. The van der Waals surface area contributed by atoms with Crippen LogP contribution in [0.4, 0.5) is 0 Å². The lowest BCUT2D eigenvalue weighted by atomic mass is 9.68. The van der Waals surface area contributed by atoms with Gasteiger partial charge in [-0.05, 0) is 13.3 Å². The molecule has 0 heterocycles. The fraction of sp³-hybridized carbons (Fsp3) is 0.826. The van der Waals surface area contributed by atoms with E-state index in [0.717, 1.165) is 38.2 Å². The molecular formula is C23H40B2O4. The van der Waals surface area contributed by atoms with Gasteiger partial charge in [-0.2, -0.15) is 0 Å². The van der Waals surface area contributed by atoms with Crippen molar-refractivity contribution in [1.82, 2.24) is 0 Å². The zero-order valence-electron chi connectivity index (χ0n) is 18.5. The highest BCUT2D eigenvalue weighted by Gasteiger charge is 2.07. The van der Waals surface area contributed by atoms with Gasteiger partial charge in [0.15, 0.2) is 0 Å². The van der Waals surface area contributed by atoms with Crippen molar-refractivity contribution >= 4 is 27.6 Å². The number of unbranched alkanes of at least 4 members (excludes halogenated alkanes) is 14. The summed E-state index contributed by atoms with van der Waals surface area (Å²) >= 11 is 0. The predicted octanol–water partition coefficient (Wildman–Crippen LogP) is 5.89. The van der Waals surface area contributed by atoms with Crippen LogP contribution in [-0.4, -0.2) is 39.3 Å². The van der Waals surface area contributed by atoms with Crippen LogP contribution < -0.4 is 0 Å². The van der Waals surface area contributed by atoms with E-state index in [0.29, 0.717) is 6.61 Å². The molecule has 4 radical (unpaired) electrons. The lowest BCUT2D eigenvalue weighted by molar-refractivity contribution is -0.140. The van der Waals surface area contributed by atoms with Gasteiger partial charge in [-0.1, -0.05) is 96.3 Å². The van der Waals surface area contributed by atoms with Crippen molar-refractivity contribution < 1.29 is 19.4 Å². The second-order valence-corrected chi connectivity index (χ2v) is 8.06. The third-order valence-electron chi connectivity index (χ3n) is 5.08. The molecular weight excluding hydrogens is 362 g/mol. The van der Waals surface area contributed by atoms with Gasteiger partial charge in [-0.3, -0.25) is 0 Å². The molecule has 1 N–H and O–H groups in total. The van der Waals surface area contributed by atoms with Crippen molar-refractivity contribution in [2.24, 2.45) is 0 Å². The molecule has 0 aromatic rings. The number of aliphatic carboxylic acids is 1. The summed E-state index contributed by atoms with van der Waals surface area (Å²) in [4.78, 5) is 22.0.